The number of carbonyl (C=O) groups excluding carboxylic acids is 1. The van der Waals surface area contributed by atoms with E-state index in [1.165, 1.54) is 0 Å². The van der Waals surface area contributed by atoms with Gasteiger partial charge in [0.1, 0.15) is 11.5 Å². The van der Waals surface area contributed by atoms with E-state index in [2.05, 4.69) is 5.32 Å². The zero-order valence-electron chi connectivity index (χ0n) is 14.0. The van der Waals surface area contributed by atoms with Crippen LogP contribution in [0.1, 0.15) is 29.2 Å². The fraction of sp³-hybridized carbons (Fsp3) is 0.263. The van der Waals surface area contributed by atoms with Gasteiger partial charge >= 0.3 is 0 Å². The number of carbonyl (C=O) groups is 1. The van der Waals surface area contributed by atoms with Gasteiger partial charge in [0.15, 0.2) is 9.84 Å². The number of hydrogen-bond donors (Lipinski definition) is 1. The quantitative estimate of drug-likeness (QED) is 0.870. The maximum Gasteiger partial charge on any atom is 0.235 e. The molecule has 0 saturated heterocycles. The summed E-state index contributed by atoms with van der Waals surface area (Å²) in [6.45, 7) is 0.472. The first-order valence-electron chi connectivity index (χ1n) is 8.17. The van der Waals surface area contributed by atoms with Crippen LogP contribution in [-0.2, 0) is 20.4 Å². The van der Waals surface area contributed by atoms with Gasteiger partial charge in [-0.15, -0.1) is 0 Å². The van der Waals surface area contributed by atoms with Crippen LogP contribution in [0.15, 0.2) is 48.5 Å². The Morgan fingerprint density at radius 2 is 1.92 bits per heavy atom. The molecule has 1 aliphatic heterocycles. The fourth-order valence-corrected chi connectivity index (χ4v) is 4.19. The van der Waals surface area contributed by atoms with Crippen LogP contribution in [0, 0.1) is 11.3 Å². The van der Waals surface area contributed by atoms with Gasteiger partial charge in [0.25, 0.3) is 0 Å². The van der Waals surface area contributed by atoms with Crippen molar-refractivity contribution in [2.75, 3.05) is 12.4 Å². The number of rotatable bonds is 5. The summed E-state index contributed by atoms with van der Waals surface area (Å²) in [5.41, 5.74) is 1.87. The van der Waals surface area contributed by atoms with Gasteiger partial charge in [0.2, 0.25) is 5.91 Å². The zero-order chi connectivity index (χ0) is 18.6. The lowest BCUT2D eigenvalue weighted by atomic mass is 10.0. The Hall–Kier alpha value is -2.85. The number of ether oxygens (including phenoxy) is 1. The molecule has 0 aromatic heterocycles. The molecule has 6 nitrogen and oxygen atoms in total. The Bertz CT molecular complexity index is 946. The van der Waals surface area contributed by atoms with Crippen molar-refractivity contribution in [3.63, 3.8) is 0 Å². The standard InChI is InChI=1S/C19H18N2O4S/c20-11-14-5-7-15(8-6-14)12-26(23,24)13-19(22)21-17-9-10-25-18-4-2-1-3-16(17)18/h1-8,17H,9-10,12-13H2,(H,21,22). The third kappa shape index (κ3) is 4.41. The average Bonchev–Trinajstić information content (AvgIpc) is 2.62. The van der Waals surface area contributed by atoms with Gasteiger partial charge < -0.3 is 10.1 Å². The minimum absolute atomic E-state index is 0.240. The molecule has 2 aromatic carbocycles. The number of amides is 1. The first-order chi connectivity index (χ1) is 12.5. The molecule has 1 N–H and O–H groups in total. The van der Waals surface area contributed by atoms with Crippen molar-refractivity contribution in [1.82, 2.24) is 5.32 Å². The van der Waals surface area contributed by atoms with E-state index in [-0.39, 0.29) is 11.8 Å². The topological polar surface area (TPSA) is 96.3 Å². The molecule has 0 bridgehead atoms. The summed E-state index contributed by atoms with van der Waals surface area (Å²) >= 11 is 0. The summed E-state index contributed by atoms with van der Waals surface area (Å²) in [6, 6.07) is 15.4. The van der Waals surface area contributed by atoms with E-state index >= 15 is 0 Å². The van der Waals surface area contributed by atoms with Crippen molar-refractivity contribution in [2.45, 2.75) is 18.2 Å². The van der Waals surface area contributed by atoms with Crippen LogP contribution < -0.4 is 10.1 Å². The molecule has 1 aliphatic rings. The third-order valence-corrected chi connectivity index (χ3v) is 5.59. The minimum atomic E-state index is -3.61. The van der Waals surface area contributed by atoms with Gasteiger partial charge in [0, 0.05) is 12.0 Å². The molecule has 3 rings (SSSR count). The number of para-hydroxylation sites is 1. The third-order valence-electron chi connectivity index (χ3n) is 4.11. The molecule has 1 amide bonds. The molecule has 0 radical (unpaired) electrons. The molecular formula is C19H18N2O4S. The van der Waals surface area contributed by atoms with Crippen molar-refractivity contribution in [3.05, 3.63) is 65.2 Å². The first kappa shape index (κ1) is 18.0. The second-order valence-electron chi connectivity index (χ2n) is 6.14. The average molecular weight is 370 g/mol. The number of hydrogen-bond acceptors (Lipinski definition) is 5. The van der Waals surface area contributed by atoms with Crippen molar-refractivity contribution in [1.29, 1.82) is 5.26 Å². The highest BCUT2D eigenvalue weighted by Gasteiger charge is 2.25. The Balaban J connectivity index is 1.63. The van der Waals surface area contributed by atoms with E-state index in [0.29, 0.717) is 29.9 Å². The molecule has 7 heteroatoms. The zero-order valence-corrected chi connectivity index (χ0v) is 14.8. The minimum Gasteiger partial charge on any atom is -0.493 e. The van der Waals surface area contributed by atoms with Crippen LogP contribution in [0.4, 0.5) is 0 Å². The number of nitrogens with one attached hydrogen (secondary N) is 1. The lowest BCUT2D eigenvalue weighted by Gasteiger charge is -2.26. The van der Waals surface area contributed by atoms with Gasteiger partial charge in [0.05, 0.1) is 30.0 Å². The Kier molecular flexibility index (Phi) is 5.24. The van der Waals surface area contributed by atoms with Crippen LogP contribution in [0.25, 0.3) is 0 Å². The summed E-state index contributed by atoms with van der Waals surface area (Å²) < 4.78 is 30.1. The molecule has 1 unspecified atom stereocenters. The summed E-state index contributed by atoms with van der Waals surface area (Å²) in [7, 11) is -3.61. The van der Waals surface area contributed by atoms with Gasteiger partial charge in [-0.3, -0.25) is 4.79 Å². The van der Waals surface area contributed by atoms with E-state index in [4.69, 9.17) is 10.00 Å². The Morgan fingerprint density at radius 1 is 1.19 bits per heavy atom. The van der Waals surface area contributed by atoms with Crippen molar-refractivity contribution >= 4 is 15.7 Å². The maximum absolute atomic E-state index is 12.3. The largest absolute Gasteiger partial charge is 0.493 e. The Labute approximate surface area is 152 Å². The summed E-state index contributed by atoms with van der Waals surface area (Å²) in [5.74, 6) is -0.631. The number of fused-ring (bicyclic) bond motifs is 1. The van der Waals surface area contributed by atoms with Gasteiger partial charge in [-0.05, 0) is 23.8 Å². The first-order valence-corrected chi connectivity index (χ1v) is 9.99. The van der Waals surface area contributed by atoms with Crippen molar-refractivity contribution in [2.24, 2.45) is 0 Å². The smallest absolute Gasteiger partial charge is 0.235 e. The van der Waals surface area contributed by atoms with Crippen LogP contribution in [-0.4, -0.2) is 26.7 Å². The summed E-state index contributed by atoms with van der Waals surface area (Å²) in [6.07, 6.45) is 0.596. The highest BCUT2D eigenvalue weighted by atomic mass is 32.2. The molecule has 2 aromatic rings. The molecule has 0 fully saturated rings. The highest BCUT2D eigenvalue weighted by Crippen LogP contribution is 2.31. The highest BCUT2D eigenvalue weighted by molar-refractivity contribution is 7.91. The van der Waals surface area contributed by atoms with E-state index in [1.54, 1.807) is 24.3 Å². The van der Waals surface area contributed by atoms with Crippen LogP contribution in [0.3, 0.4) is 0 Å². The van der Waals surface area contributed by atoms with Crippen LogP contribution in [0.5, 0.6) is 5.75 Å². The lowest BCUT2D eigenvalue weighted by molar-refractivity contribution is -0.119. The summed E-state index contributed by atoms with van der Waals surface area (Å²) in [4.78, 5) is 12.3. The van der Waals surface area contributed by atoms with Crippen molar-refractivity contribution in [3.8, 4) is 11.8 Å². The van der Waals surface area contributed by atoms with Gasteiger partial charge in [-0.2, -0.15) is 5.26 Å². The monoisotopic (exact) mass is 370 g/mol. The number of benzene rings is 2. The molecule has 1 heterocycles. The molecule has 0 aliphatic carbocycles. The summed E-state index contributed by atoms with van der Waals surface area (Å²) in [5, 5.41) is 11.6. The van der Waals surface area contributed by atoms with E-state index in [0.717, 1.165) is 5.56 Å². The lowest BCUT2D eigenvalue weighted by Crippen LogP contribution is -2.36. The molecule has 0 spiro atoms. The molecule has 1 atom stereocenters. The van der Waals surface area contributed by atoms with E-state index in [1.807, 2.05) is 30.3 Å². The van der Waals surface area contributed by atoms with Gasteiger partial charge in [-0.1, -0.05) is 30.3 Å². The predicted molar refractivity (Wildman–Crippen MR) is 96.1 cm³/mol. The van der Waals surface area contributed by atoms with Gasteiger partial charge in [-0.25, -0.2) is 8.42 Å². The number of nitrogens with zero attached hydrogens (tertiary/aromatic N) is 1. The number of sulfone groups is 1. The second-order valence-corrected chi connectivity index (χ2v) is 8.20. The normalized spacial score (nSPS) is 16.0. The molecule has 134 valence electrons. The second kappa shape index (κ2) is 7.58. The van der Waals surface area contributed by atoms with E-state index in [9.17, 15) is 13.2 Å². The number of nitriles is 1. The molecule has 0 saturated carbocycles. The molecular weight excluding hydrogens is 352 g/mol. The van der Waals surface area contributed by atoms with Crippen molar-refractivity contribution < 1.29 is 17.9 Å². The predicted octanol–water partition coefficient (Wildman–Crippen LogP) is 2.11. The maximum atomic E-state index is 12.3. The SMILES string of the molecule is N#Cc1ccc(CS(=O)(=O)CC(=O)NC2CCOc3ccccc32)cc1. The van der Waals surface area contributed by atoms with E-state index < -0.39 is 21.5 Å². The Morgan fingerprint density at radius 3 is 2.65 bits per heavy atom. The van der Waals surface area contributed by atoms with Crippen LogP contribution >= 0.6 is 0 Å². The fourth-order valence-electron chi connectivity index (χ4n) is 2.91. The van der Waals surface area contributed by atoms with Crippen LogP contribution in [0.2, 0.25) is 0 Å². The molecule has 26 heavy (non-hydrogen) atoms.